The first kappa shape index (κ1) is 17.8. The van der Waals surface area contributed by atoms with Crippen LogP contribution in [0.5, 0.6) is 0 Å². The predicted molar refractivity (Wildman–Crippen MR) is 113 cm³/mol. The van der Waals surface area contributed by atoms with Crippen molar-refractivity contribution in [1.82, 2.24) is 13.8 Å². The third kappa shape index (κ3) is 2.67. The maximum atomic E-state index is 13.0. The van der Waals surface area contributed by atoms with Crippen molar-refractivity contribution in [3.05, 3.63) is 62.7 Å². The van der Waals surface area contributed by atoms with Gasteiger partial charge in [0, 0.05) is 25.5 Å². The van der Waals surface area contributed by atoms with Crippen LogP contribution in [0.25, 0.3) is 17.1 Å². The van der Waals surface area contributed by atoms with Crippen LogP contribution in [0.3, 0.4) is 0 Å². The lowest BCUT2D eigenvalue weighted by atomic mass is 10.2. The molecule has 4 rings (SSSR count). The monoisotopic (exact) mass is 398 g/mol. The van der Waals surface area contributed by atoms with Gasteiger partial charge >= 0.3 is 5.69 Å². The van der Waals surface area contributed by atoms with Crippen molar-refractivity contribution in [2.75, 3.05) is 5.01 Å². The first-order chi connectivity index (χ1) is 12.8. The van der Waals surface area contributed by atoms with Gasteiger partial charge in [0.1, 0.15) is 0 Å². The molecule has 0 unspecified atom stereocenters. The molecule has 0 aliphatic carbocycles. The van der Waals surface area contributed by atoms with Gasteiger partial charge in [-0.1, -0.05) is 17.8 Å². The number of fused-ring (bicyclic) bond motifs is 1. The van der Waals surface area contributed by atoms with E-state index in [0.29, 0.717) is 9.23 Å². The minimum Gasteiger partial charge on any atom is -0.295 e. The minimum atomic E-state index is -0.144. The number of benzene rings is 1. The van der Waals surface area contributed by atoms with Crippen LogP contribution in [0.15, 0.2) is 40.0 Å². The lowest BCUT2D eigenvalue weighted by Gasteiger charge is -2.20. The molecule has 3 aromatic rings. The van der Waals surface area contributed by atoms with Crippen molar-refractivity contribution < 1.29 is 4.79 Å². The van der Waals surface area contributed by atoms with Gasteiger partial charge in [0.15, 0.2) is 4.32 Å². The molecule has 27 heavy (non-hydrogen) atoms. The maximum Gasteiger partial charge on any atom is 0.328 e. The number of hydrogen-bond donors (Lipinski definition) is 0. The molecule has 0 saturated carbocycles. The summed E-state index contributed by atoms with van der Waals surface area (Å²) in [5.74, 6) is -0.144. The lowest BCUT2D eigenvalue weighted by molar-refractivity contribution is -0.114. The predicted octanol–water partition coefficient (Wildman–Crippen LogP) is 2.83. The number of imidazole rings is 1. The van der Waals surface area contributed by atoms with Crippen molar-refractivity contribution in [2.24, 2.45) is 14.1 Å². The number of amides is 1. The Hall–Kier alpha value is -2.58. The van der Waals surface area contributed by atoms with Crippen LogP contribution in [0.2, 0.25) is 0 Å². The summed E-state index contributed by atoms with van der Waals surface area (Å²) in [5, 5.41) is 1.54. The number of carbonyl (C=O) groups is 1. The highest BCUT2D eigenvalue weighted by Gasteiger charge is 2.34. The smallest absolute Gasteiger partial charge is 0.295 e. The normalized spacial score (nSPS) is 16.3. The van der Waals surface area contributed by atoms with Crippen LogP contribution in [0.4, 0.5) is 0 Å². The van der Waals surface area contributed by atoms with E-state index in [-0.39, 0.29) is 11.6 Å². The van der Waals surface area contributed by atoms with Gasteiger partial charge in [-0.25, -0.2) is 4.79 Å². The zero-order chi connectivity index (χ0) is 19.5. The Balaban J connectivity index is 1.76. The molecule has 1 amide bonds. The first-order valence-corrected chi connectivity index (χ1v) is 9.60. The molecule has 6 nitrogen and oxygen atoms in total. The Morgan fingerprint density at radius 1 is 0.963 bits per heavy atom. The minimum absolute atomic E-state index is 0.0768. The standard InChI is InChI=1S/C19H18N4O2S2/c1-11-5-6-12(2)22(11)23-17(24)16(27-19(23)26)10-13-7-8-14-15(9-13)21(4)18(25)20(14)3/h5-10H,1-4H3. The summed E-state index contributed by atoms with van der Waals surface area (Å²) in [7, 11) is 3.49. The van der Waals surface area contributed by atoms with E-state index < -0.39 is 0 Å². The van der Waals surface area contributed by atoms with Gasteiger partial charge in [-0.05, 0) is 62.0 Å². The van der Waals surface area contributed by atoms with Crippen LogP contribution in [-0.4, -0.2) is 24.0 Å². The van der Waals surface area contributed by atoms with Crippen molar-refractivity contribution in [2.45, 2.75) is 13.8 Å². The number of aromatic nitrogens is 3. The third-order valence-corrected chi connectivity index (χ3v) is 6.08. The number of thiocarbonyl (C=S) groups is 1. The van der Waals surface area contributed by atoms with Crippen LogP contribution in [0, 0.1) is 13.8 Å². The summed E-state index contributed by atoms with van der Waals surface area (Å²) in [5.41, 5.74) is 4.35. The summed E-state index contributed by atoms with van der Waals surface area (Å²) < 4.78 is 5.55. The average molecular weight is 399 g/mol. The second kappa shape index (κ2) is 6.24. The Labute approximate surface area is 165 Å². The molecular formula is C19H18N4O2S2. The molecule has 1 aliphatic rings. The fourth-order valence-corrected chi connectivity index (χ4v) is 4.61. The zero-order valence-corrected chi connectivity index (χ0v) is 17.0. The zero-order valence-electron chi connectivity index (χ0n) is 15.4. The topological polar surface area (TPSA) is 52.2 Å². The molecule has 0 bridgehead atoms. The van der Waals surface area contributed by atoms with Gasteiger partial charge in [0.25, 0.3) is 5.91 Å². The fraction of sp³-hybridized carbons (Fsp3) is 0.211. The van der Waals surface area contributed by atoms with Crippen LogP contribution >= 0.6 is 24.0 Å². The van der Waals surface area contributed by atoms with Crippen molar-refractivity contribution >= 4 is 51.3 Å². The molecule has 138 valence electrons. The van der Waals surface area contributed by atoms with Crippen LogP contribution in [-0.2, 0) is 18.9 Å². The van der Waals surface area contributed by atoms with Gasteiger partial charge in [0.05, 0.1) is 15.9 Å². The van der Waals surface area contributed by atoms with E-state index in [2.05, 4.69) is 0 Å². The maximum absolute atomic E-state index is 13.0. The Morgan fingerprint density at radius 3 is 2.26 bits per heavy atom. The van der Waals surface area contributed by atoms with E-state index in [1.165, 1.54) is 16.8 Å². The molecule has 1 aliphatic heterocycles. The number of aryl methyl sites for hydroxylation is 4. The largest absolute Gasteiger partial charge is 0.328 e. The molecule has 0 radical (unpaired) electrons. The van der Waals surface area contributed by atoms with Crippen molar-refractivity contribution in [3.63, 3.8) is 0 Å². The highest BCUT2D eigenvalue weighted by atomic mass is 32.2. The highest BCUT2D eigenvalue weighted by molar-refractivity contribution is 8.27. The van der Waals surface area contributed by atoms with E-state index in [1.807, 2.05) is 54.9 Å². The summed E-state index contributed by atoms with van der Waals surface area (Å²) >= 11 is 6.74. The van der Waals surface area contributed by atoms with Gasteiger partial charge in [-0.15, -0.1) is 0 Å². The molecule has 1 fully saturated rings. The Kier molecular flexibility index (Phi) is 4.12. The molecule has 2 aromatic heterocycles. The molecule has 0 spiro atoms. The quantitative estimate of drug-likeness (QED) is 0.492. The number of carbonyl (C=O) groups excluding carboxylic acids is 1. The lowest BCUT2D eigenvalue weighted by Crippen LogP contribution is -2.39. The molecule has 3 heterocycles. The van der Waals surface area contributed by atoms with Crippen molar-refractivity contribution in [3.8, 4) is 0 Å². The van der Waals surface area contributed by atoms with Crippen LogP contribution in [0.1, 0.15) is 17.0 Å². The molecule has 0 atom stereocenters. The van der Waals surface area contributed by atoms with Gasteiger partial charge in [-0.2, -0.15) is 5.01 Å². The van der Waals surface area contributed by atoms with E-state index in [4.69, 9.17) is 12.2 Å². The second-order valence-electron chi connectivity index (χ2n) is 6.57. The summed E-state index contributed by atoms with van der Waals surface area (Å²) in [4.78, 5) is 25.6. The molecular weight excluding hydrogens is 380 g/mol. The fourth-order valence-electron chi connectivity index (χ4n) is 3.37. The van der Waals surface area contributed by atoms with Crippen molar-refractivity contribution in [1.29, 1.82) is 0 Å². The number of rotatable bonds is 2. The number of thioether (sulfide) groups is 1. The number of nitrogens with zero attached hydrogens (tertiary/aromatic N) is 4. The Morgan fingerprint density at radius 2 is 1.59 bits per heavy atom. The van der Waals surface area contributed by atoms with E-state index >= 15 is 0 Å². The van der Waals surface area contributed by atoms with Gasteiger partial charge < -0.3 is 0 Å². The average Bonchev–Trinajstić information content (AvgIpc) is 3.18. The first-order valence-electron chi connectivity index (χ1n) is 8.38. The summed E-state index contributed by atoms with van der Waals surface area (Å²) in [6.07, 6.45) is 1.82. The van der Waals surface area contributed by atoms with E-state index in [1.54, 1.807) is 23.2 Å². The molecule has 0 N–H and O–H groups in total. The molecule has 1 aromatic carbocycles. The van der Waals surface area contributed by atoms with Gasteiger partial charge in [-0.3, -0.25) is 18.6 Å². The Bertz CT molecular complexity index is 1190. The molecule has 8 heteroatoms. The summed E-state index contributed by atoms with van der Waals surface area (Å²) in [6, 6.07) is 9.63. The SMILES string of the molecule is Cc1ccc(C)n1N1C(=O)C(=Cc2ccc3c(c2)n(C)c(=O)n3C)SC1=S. The molecule has 1 saturated heterocycles. The summed E-state index contributed by atoms with van der Waals surface area (Å²) in [6.45, 7) is 3.89. The van der Waals surface area contributed by atoms with E-state index in [9.17, 15) is 9.59 Å². The van der Waals surface area contributed by atoms with E-state index in [0.717, 1.165) is 28.0 Å². The highest BCUT2D eigenvalue weighted by Crippen LogP contribution is 2.33. The second-order valence-corrected chi connectivity index (χ2v) is 8.25. The van der Waals surface area contributed by atoms with Crippen LogP contribution < -0.4 is 10.7 Å². The van der Waals surface area contributed by atoms with Gasteiger partial charge in [0.2, 0.25) is 0 Å². The third-order valence-electron chi connectivity index (χ3n) is 4.80. The number of hydrogen-bond acceptors (Lipinski definition) is 4.